The summed E-state index contributed by atoms with van der Waals surface area (Å²) in [5.74, 6) is 1.41. The highest BCUT2D eigenvalue weighted by atomic mass is 16.3. The maximum Gasteiger partial charge on any atom is 0.232 e. The fourth-order valence-electron chi connectivity index (χ4n) is 7.16. The smallest absolute Gasteiger partial charge is 0.232 e. The van der Waals surface area contributed by atoms with Gasteiger partial charge in [0, 0.05) is 12.6 Å². The van der Waals surface area contributed by atoms with E-state index in [9.17, 15) is 9.90 Å². The van der Waals surface area contributed by atoms with E-state index in [0.717, 1.165) is 50.4 Å². The molecule has 0 aromatic carbocycles. The van der Waals surface area contributed by atoms with Crippen LogP contribution in [0.5, 0.6) is 0 Å². The van der Waals surface area contributed by atoms with E-state index in [2.05, 4.69) is 0 Å². The van der Waals surface area contributed by atoms with Gasteiger partial charge in [0.1, 0.15) is 5.49 Å². The van der Waals surface area contributed by atoms with E-state index in [0.29, 0.717) is 24.3 Å². The zero-order chi connectivity index (χ0) is 18.5. The SMILES string of the molecule is O=C(CC12CC3CC(CC(O)(C3)C1)C2)n1ccccc1=NC1CCCCC1. The molecule has 1 N–H and O–H groups in total. The first-order chi connectivity index (χ1) is 13.0. The van der Waals surface area contributed by atoms with Crippen molar-refractivity contribution in [3.05, 3.63) is 29.9 Å². The predicted molar refractivity (Wildman–Crippen MR) is 104 cm³/mol. The third-order valence-electron chi connectivity index (χ3n) is 7.67. The van der Waals surface area contributed by atoms with Crippen LogP contribution in [-0.2, 0) is 0 Å². The van der Waals surface area contributed by atoms with Crippen molar-refractivity contribution < 1.29 is 9.90 Å². The number of hydrogen-bond acceptors (Lipinski definition) is 3. The van der Waals surface area contributed by atoms with Crippen LogP contribution < -0.4 is 5.49 Å². The Bertz CT molecular complexity index is 776. The second-order valence-corrected chi connectivity index (χ2v) is 10.1. The van der Waals surface area contributed by atoms with Gasteiger partial charge in [0.15, 0.2) is 0 Å². The van der Waals surface area contributed by atoms with Gasteiger partial charge in [-0.05, 0) is 80.8 Å². The van der Waals surface area contributed by atoms with Crippen LogP contribution >= 0.6 is 0 Å². The first kappa shape index (κ1) is 17.7. The molecule has 0 aliphatic heterocycles. The van der Waals surface area contributed by atoms with E-state index in [-0.39, 0.29) is 11.3 Å². The van der Waals surface area contributed by atoms with Crippen LogP contribution in [0.15, 0.2) is 29.4 Å². The van der Waals surface area contributed by atoms with Crippen molar-refractivity contribution in [1.29, 1.82) is 0 Å². The number of rotatable bonds is 3. The Balaban J connectivity index is 1.40. The molecule has 0 amide bonds. The second-order valence-electron chi connectivity index (χ2n) is 10.1. The number of aliphatic hydroxyl groups is 1. The number of hydrogen-bond donors (Lipinski definition) is 1. The Morgan fingerprint density at radius 1 is 1.11 bits per heavy atom. The van der Waals surface area contributed by atoms with Crippen LogP contribution in [0.1, 0.15) is 81.8 Å². The molecule has 2 atom stereocenters. The third kappa shape index (κ3) is 3.41. The summed E-state index contributed by atoms with van der Waals surface area (Å²) in [4.78, 5) is 18.3. The maximum atomic E-state index is 13.3. The summed E-state index contributed by atoms with van der Waals surface area (Å²) in [5.41, 5.74) is 0.333. The van der Waals surface area contributed by atoms with Gasteiger partial charge in [0.2, 0.25) is 5.91 Å². The van der Waals surface area contributed by atoms with Gasteiger partial charge in [0.05, 0.1) is 11.6 Å². The summed E-state index contributed by atoms with van der Waals surface area (Å²) in [6.45, 7) is 0. The van der Waals surface area contributed by atoms with Gasteiger partial charge in [-0.3, -0.25) is 14.4 Å². The fourth-order valence-corrected chi connectivity index (χ4v) is 7.16. The minimum Gasteiger partial charge on any atom is -0.390 e. The minimum atomic E-state index is -0.499. The Morgan fingerprint density at radius 3 is 2.56 bits per heavy atom. The molecule has 1 aromatic heterocycles. The van der Waals surface area contributed by atoms with Crippen LogP contribution in [0.25, 0.3) is 0 Å². The lowest BCUT2D eigenvalue weighted by Gasteiger charge is -2.60. The molecule has 146 valence electrons. The van der Waals surface area contributed by atoms with Crippen molar-refractivity contribution >= 4 is 5.91 Å². The summed E-state index contributed by atoms with van der Waals surface area (Å²) in [5, 5.41) is 11.0. The number of aromatic nitrogens is 1. The lowest BCUT2D eigenvalue weighted by Crippen LogP contribution is -2.56. The minimum absolute atomic E-state index is 0.0147. The van der Waals surface area contributed by atoms with Crippen molar-refractivity contribution in [3.63, 3.8) is 0 Å². The van der Waals surface area contributed by atoms with Crippen LogP contribution in [0.4, 0.5) is 0 Å². The highest BCUT2D eigenvalue weighted by Gasteiger charge is 2.57. The largest absolute Gasteiger partial charge is 0.390 e. The van der Waals surface area contributed by atoms with E-state index >= 15 is 0 Å². The molecule has 4 bridgehead atoms. The van der Waals surface area contributed by atoms with Gasteiger partial charge in [0.25, 0.3) is 0 Å². The lowest BCUT2D eigenvalue weighted by molar-refractivity contribution is -0.162. The Morgan fingerprint density at radius 2 is 1.85 bits per heavy atom. The highest BCUT2D eigenvalue weighted by molar-refractivity contribution is 5.79. The molecule has 4 nitrogen and oxygen atoms in total. The third-order valence-corrected chi connectivity index (χ3v) is 7.67. The van der Waals surface area contributed by atoms with Gasteiger partial charge in [-0.25, -0.2) is 0 Å². The first-order valence-electron chi connectivity index (χ1n) is 11.0. The van der Waals surface area contributed by atoms with Crippen LogP contribution in [0.3, 0.4) is 0 Å². The zero-order valence-corrected chi connectivity index (χ0v) is 16.3. The maximum absolute atomic E-state index is 13.3. The number of nitrogens with zero attached hydrogens (tertiary/aromatic N) is 2. The van der Waals surface area contributed by atoms with Crippen molar-refractivity contribution in [2.24, 2.45) is 22.2 Å². The summed E-state index contributed by atoms with van der Waals surface area (Å²) in [6.07, 6.45) is 14.8. The molecule has 27 heavy (non-hydrogen) atoms. The van der Waals surface area contributed by atoms with E-state index in [1.165, 1.54) is 25.7 Å². The van der Waals surface area contributed by atoms with Crippen molar-refractivity contribution in [3.8, 4) is 0 Å². The molecule has 4 heteroatoms. The molecule has 2 unspecified atom stereocenters. The standard InChI is InChI=1S/C23H32N2O2/c26-21(15-22-11-17-10-18(12-22)14-23(27,13-17)16-22)25-9-5-4-8-20(25)24-19-6-2-1-3-7-19/h4-5,8-9,17-19,27H,1-3,6-7,10-16H2. The topological polar surface area (TPSA) is 54.6 Å². The Labute approximate surface area is 161 Å². The Kier molecular flexibility index (Phi) is 4.30. The first-order valence-corrected chi connectivity index (χ1v) is 11.0. The molecular formula is C23H32N2O2. The highest BCUT2D eigenvalue weighted by Crippen LogP contribution is 2.62. The van der Waals surface area contributed by atoms with Gasteiger partial charge in [-0.15, -0.1) is 0 Å². The number of pyridine rings is 1. The van der Waals surface area contributed by atoms with Crippen LogP contribution in [0.2, 0.25) is 0 Å². The quantitative estimate of drug-likeness (QED) is 0.874. The molecule has 0 saturated heterocycles. The predicted octanol–water partition coefficient (Wildman–Crippen LogP) is 4.08. The summed E-state index contributed by atoms with van der Waals surface area (Å²) >= 11 is 0. The summed E-state index contributed by atoms with van der Waals surface area (Å²) in [7, 11) is 0. The lowest BCUT2D eigenvalue weighted by atomic mass is 9.47. The van der Waals surface area contributed by atoms with Gasteiger partial charge in [-0.1, -0.05) is 25.3 Å². The molecule has 0 radical (unpaired) electrons. The number of carbonyl (C=O) groups excluding carboxylic acids is 1. The number of carbonyl (C=O) groups is 1. The monoisotopic (exact) mass is 368 g/mol. The van der Waals surface area contributed by atoms with E-state index in [4.69, 9.17) is 4.99 Å². The van der Waals surface area contributed by atoms with Gasteiger partial charge < -0.3 is 5.11 Å². The van der Waals surface area contributed by atoms with Gasteiger partial charge in [-0.2, -0.15) is 0 Å². The van der Waals surface area contributed by atoms with E-state index in [1.807, 2.05) is 24.4 Å². The summed E-state index contributed by atoms with van der Waals surface area (Å²) in [6, 6.07) is 6.27. The van der Waals surface area contributed by atoms with Crippen molar-refractivity contribution in [2.75, 3.05) is 0 Å². The van der Waals surface area contributed by atoms with Crippen LogP contribution in [0, 0.1) is 17.3 Å². The zero-order valence-electron chi connectivity index (χ0n) is 16.3. The van der Waals surface area contributed by atoms with Crippen molar-refractivity contribution in [1.82, 2.24) is 4.57 Å². The molecule has 1 aromatic rings. The molecule has 5 saturated carbocycles. The average molecular weight is 369 g/mol. The molecule has 6 rings (SSSR count). The molecule has 1 heterocycles. The molecule has 5 aliphatic rings. The van der Waals surface area contributed by atoms with Crippen molar-refractivity contribution in [2.45, 2.75) is 88.7 Å². The molecular weight excluding hydrogens is 336 g/mol. The Hall–Kier alpha value is -1.42. The normalized spacial score (nSPS) is 39.1. The molecule has 0 spiro atoms. The van der Waals surface area contributed by atoms with Crippen LogP contribution in [-0.4, -0.2) is 27.2 Å². The second kappa shape index (κ2) is 6.58. The average Bonchev–Trinajstić information content (AvgIpc) is 2.60. The van der Waals surface area contributed by atoms with E-state index < -0.39 is 5.60 Å². The molecule has 5 aliphatic carbocycles. The van der Waals surface area contributed by atoms with Gasteiger partial charge >= 0.3 is 0 Å². The molecule has 5 fully saturated rings. The van der Waals surface area contributed by atoms with E-state index in [1.54, 1.807) is 4.57 Å². The fraction of sp³-hybridized carbons (Fsp3) is 0.739. The summed E-state index contributed by atoms with van der Waals surface area (Å²) < 4.78 is 1.79.